The number of nitrogens with zero attached hydrogens (tertiary/aromatic N) is 1. The number of hydrogen-bond donors (Lipinski definition) is 2. The molecule has 1 saturated carbocycles. The summed E-state index contributed by atoms with van der Waals surface area (Å²) in [6.45, 7) is 6.77. The first-order valence-electron chi connectivity index (χ1n) is 7.56. The van der Waals surface area contributed by atoms with E-state index < -0.39 is 11.5 Å². The van der Waals surface area contributed by atoms with Crippen LogP contribution in [0.15, 0.2) is 0 Å². The van der Waals surface area contributed by atoms with Gasteiger partial charge in [0.2, 0.25) is 0 Å². The van der Waals surface area contributed by atoms with Crippen LogP contribution in [0.3, 0.4) is 0 Å². The Morgan fingerprint density at radius 3 is 2.47 bits per heavy atom. The lowest BCUT2D eigenvalue weighted by atomic mass is 9.94. The largest absolute Gasteiger partial charge is 0.480 e. The van der Waals surface area contributed by atoms with Crippen LogP contribution in [0.25, 0.3) is 0 Å². The molecule has 0 radical (unpaired) electrons. The van der Waals surface area contributed by atoms with Gasteiger partial charge in [0.1, 0.15) is 5.54 Å². The molecule has 0 aromatic heterocycles. The molecule has 0 aromatic carbocycles. The van der Waals surface area contributed by atoms with Crippen molar-refractivity contribution in [1.29, 1.82) is 0 Å². The van der Waals surface area contributed by atoms with Crippen molar-refractivity contribution in [3.63, 3.8) is 0 Å². The number of rotatable bonds is 8. The highest BCUT2D eigenvalue weighted by atomic mass is 16.4. The molecule has 1 aliphatic rings. The topological polar surface area (TPSA) is 52.6 Å². The molecule has 0 amide bonds. The van der Waals surface area contributed by atoms with E-state index in [4.69, 9.17) is 0 Å². The molecule has 1 atom stereocenters. The van der Waals surface area contributed by atoms with Gasteiger partial charge in [0, 0.05) is 12.1 Å². The summed E-state index contributed by atoms with van der Waals surface area (Å²) in [6, 6.07) is 0.905. The predicted octanol–water partition coefficient (Wildman–Crippen LogP) is 2.48. The Bertz CT molecular complexity index is 288. The third-order valence-electron chi connectivity index (χ3n) is 4.21. The minimum absolute atomic E-state index is 0.189. The molecular formula is C15H30N2O2. The fraction of sp³-hybridized carbons (Fsp3) is 0.933. The maximum atomic E-state index is 11.4. The van der Waals surface area contributed by atoms with E-state index in [1.807, 2.05) is 13.8 Å². The van der Waals surface area contributed by atoms with Gasteiger partial charge in [-0.2, -0.15) is 0 Å². The zero-order valence-electron chi connectivity index (χ0n) is 12.9. The van der Waals surface area contributed by atoms with Gasteiger partial charge in [-0.05, 0) is 60.0 Å². The van der Waals surface area contributed by atoms with Gasteiger partial charge in [-0.25, -0.2) is 0 Å². The van der Waals surface area contributed by atoms with Gasteiger partial charge < -0.3 is 10.0 Å². The average Bonchev–Trinajstić information content (AvgIpc) is 2.80. The summed E-state index contributed by atoms with van der Waals surface area (Å²) in [5.74, 6) is -0.746. The molecule has 0 heterocycles. The number of aliphatic carboxylic acids is 1. The number of carboxylic acid groups (broad SMARTS) is 1. The van der Waals surface area contributed by atoms with E-state index in [-0.39, 0.29) is 6.04 Å². The van der Waals surface area contributed by atoms with E-state index in [0.717, 1.165) is 13.0 Å². The first-order chi connectivity index (χ1) is 8.85. The Hall–Kier alpha value is -0.610. The van der Waals surface area contributed by atoms with Crippen LogP contribution in [-0.2, 0) is 4.79 Å². The van der Waals surface area contributed by atoms with Crippen LogP contribution in [0.5, 0.6) is 0 Å². The molecule has 112 valence electrons. The van der Waals surface area contributed by atoms with Gasteiger partial charge in [-0.3, -0.25) is 10.1 Å². The molecule has 4 nitrogen and oxygen atoms in total. The summed E-state index contributed by atoms with van der Waals surface area (Å²) in [5.41, 5.74) is -0.801. The van der Waals surface area contributed by atoms with Crippen LogP contribution in [0, 0.1) is 0 Å². The van der Waals surface area contributed by atoms with Crippen molar-refractivity contribution < 1.29 is 9.90 Å². The van der Waals surface area contributed by atoms with Crippen molar-refractivity contribution in [2.24, 2.45) is 0 Å². The Kier molecular flexibility index (Phi) is 6.27. The number of carbonyl (C=O) groups is 1. The molecule has 0 spiro atoms. The third kappa shape index (κ3) is 5.11. The Balaban J connectivity index is 2.37. The monoisotopic (exact) mass is 270 g/mol. The van der Waals surface area contributed by atoms with Crippen molar-refractivity contribution >= 4 is 5.97 Å². The Morgan fingerprint density at radius 2 is 2.00 bits per heavy atom. The van der Waals surface area contributed by atoms with Gasteiger partial charge in [-0.15, -0.1) is 0 Å². The fourth-order valence-corrected chi connectivity index (χ4v) is 3.09. The van der Waals surface area contributed by atoms with E-state index in [1.165, 1.54) is 25.7 Å². The lowest BCUT2D eigenvalue weighted by molar-refractivity contribution is -0.144. The van der Waals surface area contributed by atoms with Crippen molar-refractivity contribution in [3.8, 4) is 0 Å². The van der Waals surface area contributed by atoms with E-state index in [1.54, 1.807) is 6.92 Å². The molecular weight excluding hydrogens is 240 g/mol. The predicted molar refractivity (Wildman–Crippen MR) is 78.4 cm³/mol. The molecule has 0 aliphatic heterocycles. The summed E-state index contributed by atoms with van der Waals surface area (Å²) in [4.78, 5) is 13.8. The van der Waals surface area contributed by atoms with E-state index in [0.29, 0.717) is 12.5 Å². The Labute approximate surface area is 117 Å². The second-order valence-corrected chi connectivity index (χ2v) is 6.46. The highest BCUT2D eigenvalue weighted by molar-refractivity contribution is 5.78. The molecule has 4 heteroatoms. The first-order valence-corrected chi connectivity index (χ1v) is 7.56. The van der Waals surface area contributed by atoms with Gasteiger partial charge in [-0.1, -0.05) is 12.8 Å². The SMILES string of the molecule is CC(C)NC(C)(CCCN(C)C1CCCC1)C(=O)O. The summed E-state index contributed by atoms with van der Waals surface area (Å²) in [5, 5.41) is 12.6. The standard InChI is InChI=1S/C15H30N2O2/c1-12(2)16-15(3,14(18)19)10-7-11-17(4)13-8-5-6-9-13/h12-13,16H,5-11H2,1-4H3,(H,18,19). The van der Waals surface area contributed by atoms with Crippen molar-refractivity contribution in [3.05, 3.63) is 0 Å². The minimum Gasteiger partial charge on any atom is -0.480 e. The second-order valence-electron chi connectivity index (χ2n) is 6.46. The molecule has 1 aliphatic carbocycles. The van der Waals surface area contributed by atoms with Crippen LogP contribution in [0.1, 0.15) is 59.3 Å². The van der Waals surface area contributed by atoms with E-state index >= 15 is 0 Å². The van der Waals surface area contributed by atoms with Crippen molar-refractivity contribution in [2.75, 3.05) is 13.6 Å². The first kappa shape index (κ1) is 16.4. The smallest absolute Gasteiger partial charge is 0.323 e. The molecule has 19 heavy (non-hydrogen) atoms. The van der Waals surface area contributed by atoms with Gasteiger partial charge >= 0.3 is 5.97 Å². The average molecular weight is 270 g/mol. The van der Waals surface area contributed by atoms with Crippen LogP contribution >= 0.6 is 0 Å². The van der Waals surface area contributed by atoms with Crippen LogP contribution in [0.2, 0.25) is 0 Å². The minimum atomic E-state index is -0.801. The molecule has 2 N–H and O–H groups in total. The van der Waals surface area contributed by atoms with E-state index in [2.05, 4.69) is 17.3 Å². The molecule has 0 aromatic rings. The van der Waals surface area contributed by atoms with Crippen LogP contribution in [0.4, 0.5) is 0 Å². The molecule has 0 saturated heterocycles. The zero-order valence-corrected chi connectivity index (χ0v) is 12.9. The summed E-state index contributed by atoms with van der Waals surface area (Å²) in [6.07, 6.45) is 6.90. The van der Waals surface area contributed by atoms with Crippen molar-refractivity contribution in [2.45, 2.75) is 76.9 Å². The third-order valence-corrected chi connectivity index (χ3v) is 4.21. The highest BCUT2D eigenvalue weighted by Gasteiger charge is 2.33. The van der Waals surface area contributed by atoms with Crippen LogP contribution in [-0.4, -0.2) is 47.2 Å². The quantitative estimate of drug-likeness (QED) is 0.711. The summed E-state index contributed by atoms with van der Waals surface area (Å²) >= 11 is 0. The maximum absolute atomic E-state index is 11.4. The van der Waals surface area contributed by atoms with Crippen molar-refractivity contribution in [1.82, 2.24) is 10.2 Å². The Morgan fingerprint density at radius 1 is 1.42 bits per heavy atom. The number of nitrogens with one attached hydrogen (secondary N) is 1. The highest BCUT2D eigenvalue weighted by Crippen LogP contribution is 2.23. The second kappa shape index (κ2) is 7.25. The van der Waals surface area contributed by atoms with E-state index in [9.17, 15) is 9.90 Å². The molecule has 1 unspecified atom stereocenters. The lowest BCUT2D eigenvalue weighted by Gasteiger charge is -2.30. The normalized spacial score (nSPS) is 20.1. The molecule has 1 rings (SSSR count). The van der Waals surface area contributed by atoms with Gasteiger partial charge in [0.05, 0.1) is 0 Å². The summed E-state index contributed by atoms with van der Waals surface area (Å²) in [7, 11) is 2.17. The van der Waals surface area contributed by atoms with Gasteiger partial charge in [0.15, 0.2) is 0 Å². The van der Waals surface area contributed by atoms with Gasteiger partial charge in [0.25, 0.3) is 0 Å². The molecule has 1 fully saturated rings. The maximum Gasteiger partial charge on any atom is 0.323 e. The fourth-order valence-electron chi connectivity index (χ4n) is 3.09. The molecule has 0 bridgehead atoms. The number of carboxylic acids is 1. The summed E-state index contributed by atoms with van der Waals surface area (Å²) < 4.78 is 0. The lowest BCUT2D eigenvalue weighted by Crippen LogP contribution is -2.52. The number of hydrogen-bond acceptors (Lipinski definition) is 3. The zero-order chi connectivity index (χ0) is 14.5. The van der Waals surface area contributed by atoms with Crippen LogP contribution < -0.4 is 5.32 Å².